The van der Waals surface area contributed by atoms with E-state index in [1.54, 1.807) is 17.1 Å². The summed E-state index contributed by atoms with van der Waals surface area (Å²) in [5.74, 6) is 0.681. The third-order valence-electron chi connectivity index (χ3n) is 3.44. The van der Waals surface area contributed by atoms with Crippen LogP contribution in [0.5, 0.6) is 5.75 Å². The Kier molecular flexibility index (Phi) is 5.43. The maximum Gasteiger partial charge on any atom is 0.261 e. The van der Waals surface area contributed by atoms with Gasteiger partial charge in [-0.3, -0.25) is 4.79 Å². The van der Waals surface area contributed by atoms with Crippen LogP contribution in [-0.4, -0.2) is 37.0 Å². The van der Waals surface area contributed by atoms with Gasteiger partial charge in [-0.05, 0) is 24.5 Å². The van der Waals surface area contributed by atoms with Crippen molar-refractivity contribution in [1.82, 2.24) is 4.90 Å². The Hall–Kier alpha value is -2.23. The van der Waals surface area contributed by atoms with Gasteiger partial charge in [0.15, 0.2) is 6.61 Å². The molecule has 0 radical (unpaired) electrons. The monoisotopic (exact) mass is 286 g/mol. The highest BCUT2D eigenvalue weighted by molar-refractivity contribution is 5.78. The minimum atomic E-state index is -0.0665. The lowest BCUT2D eigenvalue weighted by atomic mass is 10.0. The van der Waals surface area contributed by atoms with Crippen LogP contribution in [0.4, 0.5) is 5.69 Å². The Morgan fingerprint density at radius 2 is 2.10 bits per heavy atom. The fraction of sp³-hybridized carbons (Fsp3) is 0.353. The molecule has 0 fully saturated rings. The van der Waals surface area contributed by atoms with Crippen LogP contribution >= 0.6 is 0 Å². The molecule has 0 spiro atoms. The molecule has 1 aromatic carbocycles. The SMILES string of the molecule is C=CCN(CC=C)C(=O)COc1cccc2c1NCCC2. The Labute approximate surface area is 126 Å². The van der Waals surface area contributed by atoms with E-state index in [1.165, 1.54) is 5.56 Å². The number of nitrogens with one attached hydrogen (secondary N) is 1. The van der Waals surface area contributed by atoms with E-state index in [2.05, 4.69) is 24.5 Å². The number of nitrogens with zero attached hydrogens (tertiary/aromatic N) is 1. The molecule has 0 saturated heterocycles. The number of hydrogen-bond acceptors (Lipinski definition) is 3. The van der Waals surface area contributed by atoms with Crippen LogP contribution < -0.4 is 10.1 Å². The lowest BCUT2D eigenvalue weighted by Crippen LogP contribution is -2.35. The van der Waals surface area contributed by atoms with Crippen LogP contribution in [0.15, 0.2) is 43.5 Å². The Morgan fingerprint density at radius 3 is 2.81 bits per heavy atom. The molecule has 1 heterocycles. The van der Waals surface area contributed by atoms with Gasteiger partial charge in [0, 0.05) is 19.6 Å². The summed E-state index contributed by atoms with van der Waals surface area (Å²) in [5, 5.41) is 3.35. The molecule has 0 saturated carbocycles. The maximum absolute atomic E-state index is 12.1. The number of anilines is 1. The summed E-state index contributed by atoms with van der Waals surface area (Å²) >= 11 is 0. The molecular weight excluding hydrogens is 264 g/mol. The predicted octanol–water partition coefficient (Wildman–Crippen LogP) is 2.62. The smallest absolute Gasteiger partial charge is 0.261 e. The van der Waals surface area contributed by atoms with E-state index in [0.29, 0.717) is 13.1 Å². The van der Waals surface area contributed by atoms with Gasteiger partial charge in [-0.1, -0.05) is 24.3 Å². The van der Waals surface area contributed by atoms with Crippen molar-refractivity contribution in [3.8, 4) is 5.75 Å². The molecule has 1 N–H and O–H groups in total. The van der Waals surface area contributed by atoms with Crippen LogP contribution in [0.1, 0.15) is 12.0 Å². The Balaban J connectivity index is 2.00. The van der Waals surface area contributed by atoms with Crippen molar-refractivity contribution < 1.29 is 9.53 Å². The molecule has 0 aromatic heterocycles. The van der Waals surface area contributed by atoms with E-state index >= 15 is 0 Å². The highest BCUT2D eigenvalue weighted by Gasteiger charge is 2.16. The van der Waals surface area contributed by atoms with Crippen LogP contribution in [-0.2, 0) is 11.2 Å². The van der Waals surface area contributed by atoms with Crippen LogP contribution in [0, 0.1) is 0 Å². The first-order chi connectivity index (χ1) is 10.3. The lowest BCUT2D eigenvalue weighted by molar-refractivity contribution is -0.132. The van der Waals surface area contributed by atoms with Crippen molar-refractivity contribution >= 4 is 11.6 Å². The molecule has 1 aliphatic rings. The average Bonchev–Trinajstić information content (AvgIpc) is 2.52. The molecular formula is C17H22N2O2. The third-order valence-corrected chi connectivity index (χ3v) is 3.44. The van der Waals surface area contributed by atoms with E-state index < -0.39 is 0 Å². The van der Waals surface area contributed by atoms with Crippen molar-refractivity contribution in [2.75, 3.05) is 31.6 Å². The normalized spacial score (nSPS) is 12.8. The zero-order chi connectivity index (χ0) is 15.1. The topological polar surface area (TPSA) is 41.6 Å². The fourth-order valence-corrected chi connectivity index (χ4v) is 2.42. The summed E-state index contributed by atoms with van der Waals surface area (Å²) < 4.78 is 5.72. The van der Waals surface area contributed by atoms with E-state index in [9.17, 15) is 4.79 Å². The molecule has 0 aliphatic carbocycles. The predicted molar refractivity (Wildman–Crippen MR) is 85.7 cm³/mol. The van der Waals surface area contributed by atoms with Gasteiger partial charge in [-0.25, -0.2) is 0 Å². The number of hydrogen-bond donors (Lipinski definition) is 1. The second-order valence-corrected chi connectivity index (χ2v) is 4.99. The van der Waals surface area contributed by atoms with E-state index in [1.807, 2.05) is 12.1 Å². The number of fused-ring (bicyclic) bond motifs is 1. The van der Waals surface area contributed by atoms with Crippen molar-refractivity contribution in [3.63, 3.8) is 0 Å². The molecule has 0 unspecified atom stereocenters. The van der Waals surface area contributed by atoms with E-state index in [0.717, 1.165) is 30.8 Å². The Morgan fingerprint density at radius 1 is 1.33 bits per heavy atom. The summed E-state index contributed by atoms with van der Waals surface area (Å²) in [6.07, 6.45) is 5.58. The first-order valence-corrected chi connectivity index (χ1v) is 7.24. The maximum atomic E-state index is 12.1. The minimum absolute atomic E-state index is 0.0276. The zero-order valence-corrected chi connectivity index (χ0v) is 12.3. The molecule has 21 heavy (non-hydrogen) atoms. The van der Waals surface area contributed by atoms with Gasteiger partial charge in [0.05, 0.1) is 5.69 Å². The van der Waals surface area contributed by atoms with Crippen molar-refractivity contribution in [2.45, 2.75) is 12.8 Å². The van der Waals surface area contributed by atoms with Gasteiger partial charge >= 0.3 is 0 Å². The number of ether oxygens (including phenoxy) is 1. The van der Waals surface area contributed by atoms with Gasteiger partial charge < -0.3 is 15.0 Å². The third kappa shape index (κ3) is 3.88. The van der Waals surface area contributed by atoms with Crippen molar-refractivity contribution in [2.24, 2.45) is 0 Å². The molecule has 4 nitrogen and oxygen atoms in total. The lowest BCUT2D eigenvalue weighted by Gasteiger charge is -2.23. The summed E-state index contributed by atoms with van der Waals surface area (Å²) in [4.78, 5) is 13.8. The minimum Gasteiger partial charge on any atom is -0.482 e. The zero-order valence-electron chi connectivity index (χ0n) is 12.3. The van der Waals surface area contributed by atoms with Crippen molar-refractivity contribution in [1.29, 1.82) is 0 Å². The van der Waals surface area contributed by atoms with Crippen LogP contribution in [0.2, 0.25) is 0 Å². The molecule has 112 valence electrons. The van der Waals surface area contributed by atoms with E-state index in [4.69, 9.17) is 4.74 Å². The van der Waals surface area contributed by atoms with Gasteiger partial charge in [0.25, 0.3) is 5.91 Å². The molecule has 1 aromatic rings. The van der Waals surface area contributed by atoms with Gasteiger partial charge in [0.2, 0.25) is 0 Å². The fourth-order valence-electron chi connectivity index (χ4n) is 2.42. The second-order valence-electron chi connectivity index (χ2n) is 4.99. The molecule has 2 rings (SSSR count). The highest BCUT2D eigenvalue weighted by Crippen LogP contribution is 2.31. The largest absolute Gasteiger partial charge is 0.482 e. The molecule has 4 heteroatoms. The quantitative estimate of drug-likeness (QED) is 0.783. The summed E-state index contributed by atoms with van der Waals surface area (Å²) in [5.41, 5.74) is 2.27. The number of aryl methyl sites for hydroxylation is 1. The van der Waals surface area contributed by atoms with Crippen molar-refractivity contribution in [3.05, 3.63) is 49.1 Å². The summed E-state index contributed by atoms with van der Waals surface area (Å²) in [7, 11) is 0. The van der Waals surface area contributed by atoms with Gasteiger partial charge in [-0.15, -0.1) is 13.2 Å². The number of amides is 1. The first kappa shape index (κ1) is 15.2. The first-order valence-electron chi connectivity index (χ1n) is 7.24. The van der Waals surface area contributed by atoms with Gasteiger partial charge in [-0.2, -0.15) is 0 Å². The molecule has 1 amide bonds. The number of benzene rings is 1. The number of para-hydroxylation sites is 1. The molecule has 0 bridgehead atoms. The van der Waals surface area contributed by atoms with Crippen LogP contribution in [0.3, 0.4) is 0 Å². The van der Waals surface area contributed by atoms with Crippen LogP contribution in [0.25, 0.3) is 0 Å². The average molecular weight is 286 g/mol. The second kappa shape index (κ2) is 7.53. The standard InChI is InChI=1S/C17H22N2O2/c1-3-11-19(12-4-2)16(20)13-21-15-9-5-7-14-8-6-10-18-17(14)15/h3-5,7,9,18H,1-2,6,8,10-13H2. The number of rotatable bonds is 7. The number of carbonyl (C=O) groups is 1. The summed E-state index contributed by atoms with van der Waals surface area (Å²) in [6, 6.07) is 5.96. The van der Waals surface area contributed by atoms with E-state index in [-0.39, 0.29) is 12.5 Å². The Bertz CT molecular complexity index is 516. The molecule has 1 aliphatic heterocycles. The molecule has 0 atom stereocenters. The number of carbonyl (C=O) groups excluding carboxylic acids is 1. The highest BCUT2D eigenvalue weighted by atomic mass is 16.5. The summed E-state index contributed by atoms with van der Waals surface area (Å²) in [6.45, 7) is 9.30. The van der Waals surface area contributed by atoms with Gasteiger partial charge in [0.1, 0.15) is 5.75 Å².